The zero-order valence-electron chi connectivity index (χ0n) is 14.3. The number of nitrogens with zero attached hydrogens (tertiary/aromatic N) is 1. The van der Waals surface area contributed by atoms with Crippen molar-refractivity contribution in [3.8, 4) is 0 Å². The van der Waals surface area contributed by atoms with Crippen LogP contribution >= 0.6 is 11.3 Å². The average molecular weight is 346 g/mol. The third-order valence-corrected chi connectivity index (χ3v) is 4.25. The van der Waals surface area contributed by atoms with E-state index in [1.165, 1.54) is 11.3 Å². The van der Waals surface area contributed by atoms with E-state index in [1.807, 2.05) is 39.8 Å². The molecule has 2 aromatic rings. The Bertz CT molecular complexity index is 762. The van der Waals surface area contributed by atoms with E-state index in [2.05, 4.69) is 15.6 Å². The van der Waals surface area contributed by atoms with Crippen molar-refractivity contribution in [2.75, 3.05) is 10.6 Å². The molecule has 0 aliphatic heterocycles. The summed E-state index contributed by atoms with van der Waals surface area (Å²) in [6, 6.07) is 5.40. The van der Waals surface area contributed by atoms with Gasteiger partial charge in [0.25, 0.3) is 5.91 Å². The molecule has 0 unspecified atom stereocenters. The Morgan fingerprint density at radius 2 is 1.96 bits per heavy atom. The van der Waals surface area contributed by atoms with E-state index >= 15 is 0 Å². The second-order valence-corrected chi connectivity index (χ2v) is 7.46. The highest BCUT2D eigenvalue weighted by Crippen LogP contribution is 2.23. The van der Waals surface area contributed by atoms with Crippen LogP contribution < -0.4 is 16.4 Å². The minimum absolute atomic E-state index is 0.0873. The zero-order chi connectivity index (χ0) is 17.9. The monoisotopic (exact) mass is 346 g/mol. The van der Waals surface area contributed by atoms with E-state index in [-0.39, 0.29) is 11.8 Å². The zero-order valence-corrected chi connectivity index (χ0v) is 15.1. The molecule has 0 fully saturated rings. The second kappa shape index (κ2) is 7.11. The van der Waals surface area contributed by atoms with Gasteiger partial charge in [0.05, 0.1) is 0 Å². The van der Waals surface area contributed by atoms with Gasteiger partial charge in [-0.1, -0.05) is 26.8 Å². The molecule has 1 heterocycles. The third kappa shape index (κ3) is 4.39. The molecule has 0 aliphatic carbocycles. The van der Waals surface area contributed by atoms with Crippen LogP contribution in [-0.4, -0.2) is 16.8 Å². The van der Waals surface area contributed by atoms with Gasteiger partial charge >= 0.3 is 0 Å². The third-order valence-electron chi connectivity index (χ3n) is 3.38. The Morgan fingerprint density at radius 1 is 1.25 bits per heavy atom. The number of rotatable bonds is 4. The number of carbonyl (C=O) groups is 2. The maximum atomic E-state index is 12.3. The molecule has 2 amide bonds. The Kier molecular flexibility index (Phi) is 5.36. The number of nitrogens with two attached hydrogens (primary N) is 1. The van der Waals surface area contributed by atoms with Crippen LogP contribution in [-0.2, 0) is 11.3 Å². The molecule has 7 heteroatoms. The van der Waals surface area contributed by atoms with Crippen molar-refractivity contribution in [2.24, 2.45) is 11.1 Å². The van der Waals surface area contributed by atoms with Crippen LogP contribution in [0.5, 0.6) is 0 Å². The van der Waals surface area contributed by atoms with Gasteiger partial charge in [-0.05, 0) is 24.6 Å². The lowest BCUT2D eigenvalue weighted by Gasteiger charge is -2.18. The van der Waals surface area contributed by atoms with E-state index in [4.69, 9.17) is 5.73 Å². The van der Waals surface area contributed by atoms with E-state index < -0.39 is 5.41 Å². The highest BCUT2D eigenvalue weighted by molar-refractivity contribution is 7.09. The Labute approximate surface area is 145 Å². The molecule has 4 N–H and O–H groups in total. The fraction of sp³-hybridized carbons (Fsp3) is 0.353. The first-order chi connectivity index (χ1) is 11.2. The number of nitrogens with one attached hydrogen (secondary N) is 2. The largest absolute Gasteiger partial charge is 0.326 e. The molecule has 6 nitrogen and oxygen atoms in total. The molecule has 0 aliphatic rings. The number of hydrogen-bond donors (Lipinski definition) is 3. The molecule has 0 atom stereocenters. The molecule has 2 rings (SSSR count). The maximum absolute atomic E-state index is 12.3. The summed E-state index contributed by atoms with van der Waals surface area (Å²) < 4.78 is 0. The molecule has 0 bridgehead atoms. The van der Waals surface area contributed by atoms with Gasteiger partial charge in [0.15, 0.2) is 0 Å². The lowest BCUT2D eigenvalue weighted by Crippen LogP contribution is -2.27. The van der Waals surface area contributed by atoms with E-state index in [0.717, 1.165) is 5.56 Å². The van der Waals surface area contributed by atoms with Gasteiger partial charge in [0, 0.05) is 28.7 Å². The lowest BCUT2D eigenvalue weighted by atomic mass is 9.95. The molecule has 24 heavy (non-hydrogen) atoms. The van der Waals surface area contributed by atoms with Crippen LogP contribution in [0.3, 0.4) is 0 Å². The topological polar surface area (TPSA) is 97.1 Å². The Hall–Kier alpha value is -2.25. The number of benzene rings is 1. The molecular weight excluding hydrogens is 324 g/mol. The SMILES string of the molecule is Cc1ccc(NC(=O)C(C)(C)C)cc1NC(=O)c1csc(CN)n1. The van der Waals surface area contributed by atoms with E-state index in [9.17, 15) is 9.59 Å². The highest BCUT2D eigenvalue weighted by Gasteiger charge is 2.21. The molecule has 0 saturated carbocycles. The van der Waals surface area contributed by atoms with Crippen molar-refractivity contribution in [1.82, 2.24) is 4.98 Å². The standard InChI is InChI=1S/C17H22N4O2S/c1-10-5-6-11(19-16(23)17(2,3)4)7-12(10)21-15(22)13-9-24-14(8-18)20-13/h5-7,9H,8,18H2,1-4H3,(H,19,23)(H,21,22). The fourth-order valence-corrected chi connectivity index (χ4v) is 2.50. The summed E-state index contributed by atoms with van der Waals surface area (Å²) in [5.41, 5.74) is 7.53. The minimum atomic E-state index is -0.493. The quantitative estimate of drug-likeness (QED) is 0.792. The van der Waals surface area contributed by atoms with Gasteiger partial charge in [-0.2, -0.15) is 0 Å². The smallest absolute Gasteiger partial charge is 0.275 e. The summed E-state index contributed by atoms with van der Waals surface area (Å²) in [5, 5.41) is 8.07. The van der Waals surface area contributed by atoms with Crippen molar-refractivity contribution in [2.45, 2.75) is 34.2 Å². The van der Waals surface area contributed by atoms with Crippen LogP contribution in [0.2, 0.25) is 0 Å². The summed E-state index contributed by atoms with van der Waals surface area (Å²) in [7, 11) is 0. The van der Waals surface area contributed by atoms with Gasteiger partial charge in [0.2, 0.25) is 5.91 Å². The average Bonchev–Trinajstić information content (AvgIpc) is 2.98. The number of aromatic nitrogens is 1. The highest BCUT2D eigenvalue weighted by atomic mass is 32.1. The summed E-state index contributed by atoms with van der Waals surface area (Å²) in [6.45, 7) is 7.73. The summed E-state index contributed by atoms with van der Waals surface area (Å²) in [6.07, 6.45) is 0. The number of hydrogen-bond acceptors (Lipinski definition) is 5. The predicted molar refractivity (Wildman–Crippen MR) is 97.2 cm³/mol. The first-order valence-electron chi connectivity index (χ1n) is 7.58. The molecule has 0 spiro atoms. The molecule has 1 aromatic carbocycles. The van der Waals surface area contributed by atoms with Crippen LogP contribution in [0.25, 0.3) is 0 Å². The van der Waals surface area contributed by atoms with Crippen molar-refractivity contribution in [3.63, 3.8) is 0 Å². The van der Waals surface area contributed by atoms with Gasteiger partial charge < -0.3 is 16.4 Å². The second-order valence-electron chi connectivity index (χ2n) is 6.52. The van der Waals surface area contributed by atoms with Crippen molar-refractivity contribution in [3.05, 3.63) is 39.8 Å². The maximum Gasteiger partial charge on any atom is 0.275 e. The van der Waals surface area contributed by atoms with Crippen LogP contribution in [0.1, 0.15) is 41.8 Å². The number of anilines is 2. The summed E-state index contributed by atoms with van der Waals surface area (Å²) >= 11 is 1.35. The van der Waals surface area contributed by atoms with Crippen molar-refractivity contribution >= 4 is 34.5 Å². The Morgan fingerprint density at radius 3 is 2.54 bits per heavy atom. The van der Waals surface area contributed by atoms with Crippen LogP contribution in [0.4, 0.5) is 11.4 Å². The number of carbonyl (C=O) groups excluding carboxylic acids is 2. The number of amides is 2. The summed E-state index contributed by atoms with van der Waals surface area (Å²) in [5.74, 6) is -0.385. The minimum Gasteiger partial charge on any atom is -0.326 e. The predicted octanol–water partition coefficient (Wildman–Crippen LogP) is 3.15. The first-order valence-corrected chi connectivity index (χ1v) is 8.46. The molecule has 0 saturated heterocycles. The number of aryl methyl sites for hydroxylation is 1. The lowest BCUT2D eigenvalue weighted by molar-refractivity contribution is -0.123. The van der Waals surface area contributed by atoms with Gasteiger partial charge in [-0.3, -0.25) is 9.59 Å². The molecule has 1 aromatic heterocycles. The van der Waals surface area contributed by atoms with Crippen molar-refractivity contribution < 1.29 is 9.59 Å². The molecule has 0 radical (unpaired) electrons. The van der Waals surface area contributed by atoms with Crippen molar-refractivity contribution in [1.29, 1.82) is 0 Å². The number of thiazole rings is 1. The molecular formula is C17H22N4O2S. The first kappa shape index (κ1) is 18.1. The van der Waals surface area contributed by atoms with Crippen LogP contribution in [0.15, 0.2) is 23.6 Å². The Balaban J connectivity index is 2.16. The van der Waals surface area contributed by atoms with Gasteiger partial charge in [-0.25, -0.2) is 4.98 Å². The van der Waals surface area contributed by atoms with E-state index in [1.54, 1.807) is 11.4 Å². The van der Waals surface area contributed by atoms with Gasteiger partial charge in [-0.15, -0.1) is 11.3 Å². The summed E-state index contributed by atoms with van der Waals surface area (Å²) in [4.78, 5) is 28.6. The van der Waals surface area contributed by atoms with E-state index in [0.29, 0.717) is 28.6 Å². The van der Waals surface area contributed by atoms with Gasteiger partial charge in [0.1, 0.15) is 10.7 Å². The normalized spacial score (nSPS) is 11.2. The molecule has 128 valence electrons. The fourth-order valence-electron chi connectivity index (χ4n) is 1.85. The van der Waals surface area contributed by atoms with Crippen LogP contribution in [0, 0.1) is 12.3 Å².